The van der Waals surface area contributed by atoms with E-state index in [2.05, 4.69) is 16.5 Å². The monoisotopic (exact) mass is 262 g/mol. The number of nitrogens with zero attached hydrogens (tertiary/aromatic N) is 3. The number of allylic oxidation sites excluding steroid dienone is 1. The molecule has 0 radical (unpaired) electrons. The van der Waals surface area contributed by atoms with Crippen LogP contribution >= 0.6 is 0 Å². The van der Waals surface area contributed by atoms with E-state index < -0.39 is 17.3 Å². The van der Waals surface area contributed by atoms with Gasteiger partial charge in [0.05, 0.1) is 0 Å². The Morgan fingerprint density at radius 1 is 1.53 bits per heavy atom. The van der Waals surface area contributed by atoms with Gasteiger partial charge in [0.25, 0.3) is 0 Å². The predicted molar refractivity (Wildman–Crippen MR) is 70.4 cm³/mol. The van der Waals surface area contributed by atoms with Crippen molar-refractivity contribution in [3.8, 4) is 0 Å². The summed E-state index contributed by atoms with van der Waals surface area (Å²) in [4.78, 5) is 41.7. The summed E-state index contributed by atoms with van der Waals surface area (Å²) >= 11 is 0. The van der Waals surface area contributed by atoms with Crippen LogP contribution in [0.25, 0.3) is 11.2 Å². The highest BCUT2D eigenvalue weighted by atomic mass is 16.2. The van der Waals surface area contributed by atoms with Crippen molar-refractivity contribution in [2.75, 3.05) is 0 Å². The molecule has 1 N–H and O–H groups in total. The van der Waals surface area contributed by atoms with Crippen LogP contribution in [0.15, 0.2) is 28.4 Å². The van der Waals surface area contributed by atoms with Crippen LogP contribution in [0.4, 0.5) is 0 Å². The van der Waals surface area contributed by atoms with Crippen molar-refractivity contribution in [2.45, 2.75) is 26.3 Å². The summed E-state index contributed by atoms with van der Waals surface area (Å²) in [5, 5.41) is 0. The number of aromatic nitrogens is 4. The second-order valence-corrected chi connectivity index (χ2v) is 4.38. The minimum absolute atomic E-state index is 0.0379. The Kier molecular flexibility index (Phi) is 3.20. The van der Waals surface area contributed by atoms with Crippen LogP contribution in [0, 0.1) is 0 Å². The first-order chi connectivity index (χ1) is 8.97. The average molecular weight is 262 g/mol. The minimum Gasteiger partial charge on any atom is -0.310 e. The molecule has 0 saturated carbocycles. The van der Waals surface area contributed by atoms with Crippen LogP contribution in [0.1, 0.15) is 31.1 Å². The lowest BCUT2D eigenvalue weighted by Crippen LogP contribution is -2.29. The predicted octanol–water partition coefficient (Wildman–Crippen LogP) is 0.683. The summed E-state index contributed by atoms with van der Waals surface area (Å²) in [7, 11) is 0. The molecule has 0 atom stereocenters. The number of aromatic amines is 1. The quantitative estimate of drug-likeness (QED) is 0.824. The number of nitrogens with one attached hydrogen (secondary N) is 1. The molecule has 2 aromatic heterocycles. The van der Waals surface area contributed by atoms with Crippen molar-refractivity contribution in [3.05, 3.63) is 39.8 Å². The minimum atomic E-state index is -0.560. The van der Waals surface area contributed by atoms with E-state index in [0.717, 1.165) is 4.57 Å². The normalized spacial score (nSPS) is 11.1. The van der Waals surface area contributed by atoms with Gasteiger partial charge in [-0.3, -0.25) is 9.36 Å². The molecule has 0 aliphatic carbocycles. The molecule has 0 aliphatic rings. The van der Waals surface area contributed by atoms with Crippen LogP contribution < -0.4 is 11.4 Å². The lowest BCUT2D eigenvalue weighted by atomic mass is 10.4. The molecular weight excluding hydrogens is 248 g/mol. The van der Waals surface area contributed by atoms with Crippen molar-refractivity contribution < 1.29 is 4.79 Å². The molecule has 0 aromatic carbocycles. The largest absolute Gasteiger partial charge is 0.347 e. The van der Waals surface area contributed by atoms with E-state index in [1.54, 1.807) is 13.8 Å². The zero-order chi connectivity index (χ0) is 14.2. The fourth-order valence-electron chi connectivity index (χ4n) is 1.94. The molecular formula is C12H14N4O3. The van der Waals surface area contributed by atoms with Crippen molar-refractivity contribution >= 4 is 17.1 Å². The molecule has 2 heterocycles. The van der Waals surface area contributed by atoms with Gasteiger partial charge in [-0.15, -0.1) is 6.58 Å². The van der Waals surface area contributed by atoms with Gasteiger partial charge in [0, 0.05) is 18.7 Å². The number of hydrogen-bond acceptors (Lipinski definition) is 4. The molecule has 0 bridgehead atoms. The third kappa shape index (κ3) is 2.03. The number of hydrogen-bond donors (Lipinski definition) is 1. The molecule has 0 amide bonds. The highest BCUT2D eigenvalue weighted by molar-refractivity contribution is 5.89. The zero-order valence-electron chi connectivity index (χ0n) is 10.7. The van der Waals surface area contributed by atoms with Crippen LogP contribution in [0.2, 0.25) is 0 Å². The van der Waals surface area contributed by atoms with Gasteiger partial charge < -0.3 is 4.98 Å². The van der Waals surface area contributed by atoms with E-state index in [4.69, 9.17) is 0 Å². The highest BCUT2D eigenvalue weighted by Crippen LogP contribution is 2.12. The maximum absolute atomic E-state index is 12.3. The Morgan fingerprint density at radius 3 is 2.79 bits per heavy atom. The number of carbonyl (C=O) groups excluding carboxylic acids is 1. The summed E-state index contributed by atoms with van der Waals surface area (Å²) in [5.41, 5.74) is -0.551. The van der Waals surface area contributed by atoms with Crippen molar-refractivity contribution in [1.29, 1.82) is 0 Å². The molecule has 0 fully saturated rings. The van der Waals surface area contributed by atoms with Gasteiger partial charge in [0.1, 0.15) is 5.52 Å². The van der Waals surface area contributed by atoms with Gasteiger partial charge in [-0.25, -0.2) is 14.2 Å². The van der Waals surface area contributed by atoms with Gasteiger partial charge in [-0.05, 0) is 13.8 Å². The Bertz CT molecular complexity index is 763. The molecule has 0 spiro atoms. The molecule has 0 unspecified atom stereocenters. The SMILES string of the molecule is C=CCC(=O)n1c(=O)n(C(C)C)c2nc(=O)[nH]cc21. The maximum atomic E-state index is 12.3. The van der Waals surface area contributed by atoms with Crippen LogP contribution in [-0.2, 0) is 0 Å². The molecule has 2 rings (SSSR count). The molecule has 0 aliphatic heterocycles. The summed E-state index contributed by atoms with van der Waals surface area (Å²) < 4.78 is 2.34. The number of fused-ring (bicyclic) bond motifs is 1. The standard InChI is InChI=1S/C12H14N4O3/c1-4-5-9(17)16-8-6-13-11(18)14-10(8)15(7(2)3)12(16)19/h4,6-7H,1,5H2,2-3H3,(H,13,14,18). The zero-order valence-corrected chi connectivity index (χ0v) is 10.7. The summed E-state index contributed by atoms with van der Waals surface area (Å²) in [6.07, 6.45) is 2.79. The fraction of sp³-hybridized carbons (Fsp3) is 0.333. The van der Waals surface area contributed by atoms with E-state index in [1.807, 2.05) is 0 Å². The molecule has 0 saturated heterocycles. The van der Waals surface area contributed by atoms with Crippen LogP contribution in [0.5, 0.6) is 0 Å². The van der Waals surface area contributed by atoms with E-state index in [0.29, 0.717) is 5.52 Å². The second kappa shape index (κ2) is 4.68. The molecule has 100 valence electrons. The Morgan fingerprint density at radius 2 is 2.21 bits per heavy atom. The van der Waals surface area contributed by atoms with E-state index >= 15 is 0 Å². The number of rotatable bonds is 3. The van der Waals surface area contributed by atoms with E-state index in [-0.39, 0.29) is 18.1 Å². The van der Waals surface area contributed by atoms with Gasteiger partial charge in [0.15, 0.2) is 5.65 Å². The molecule has 2 aromatic rings. The van der Waals surface area contributed by atoms with Gasteiger partial charge >= 0.3 is 11.4 Å². The van der Waals surface area contributed by atoms with Gasteiger partial charge in [-0.1, -0.05) is 6.08 Å². The third-order valence-electron chi connectivity index (χ3n) is 2.72. The number of imidazole rings is 1. The summed E-state index contributed by atoms with van der Waals surface area (Å²) in [5.74, 6) is -0.404. The Balaban J connectivity index is 2.89. The van der Waals surface area contributed by atoms with Crippen molar-refractivity contribution in [2.24, 2.45) is 0 Å². The molecule has 7 heteroatoms. The molecule has 19 heavy (non-hydrogen) atoms. The third-order valence-corrected chi connectivity index (χ3v) is 2.72. The molecule has 7 nitrogen and oxygen atoms in total. The Labute approximate surface area is 108 Å². The van der Waals surface area contributed by atoms with Gasteiger partial charge in [-0.2, -0.15) is 4.98 Å². The first-order valence-corrected chi connectivity index (χ1v) is 5.84. The first kappa shape index (κ1) is 13.0. The number of H-pyrrole nitrogens is 1. The summed E-state index contributed by atoms with van der Waals surface area (Å²) in [6.45, 7) is 7.04. The van der Waals surface area contributed by atoms with E-state index in [1.165, 1.54) is 16.8 Å². The second-order valence-electron chi connectivity index (χ2n) is 4.38. The lowest BCUT2D eigenvalue weighted by molar-refractivity contribution is 0.0917. The maximum Gasteiger partial charge on any atom is 0.347 e. The lowest BCUT2D eigenvalue weighted by Gasteiger charge is -2.04. The summed E-state index contributed by atoms with van der Waals surface area (Å²) in [6, 6.07) is -0.206. The van der Waals surface area contributed by atoms with Crippen molar-refractivity contribution in [1.82, 2.24) is 19.1 Å². The average Bonchev–Trinajstić information content (AvgIpc) is 2.60. The number of carbonyl (C=O) groups is 1. The smallest absolute Gasteiger partial charge is 0.310 e. The Hall–Kier alpha value is -2.44. The van der Waals surface area contributed by atoms with Gasteiger partial charge in [0.2, 0.25) is 5.91 Å². The highest BCUT2D eigenvalue weighted by Gasteiger charge is 2.20. The van der Waals surface area contributed by atoms with Crippen LogP contribution in [0.3, 0.4) is 0 Å². The fourth-order valence-corrected chi connectivity index (χ4v) is 1.94. The van der Waals surface area contributed by atoms with Crippen molar-refractivity contribution in [3.63, 3.8) is 0 Å². The van der Waals surface area contributed by atoms with Crippen LogP contribution in [-0.4, -0.2) is 25.0 Å². The topological polar surface area (TPSA) is 89.8 Å². The first-order valence-electron chi connectivity index (χ1n) is 5.84. The van der Waals surface area contributed by atoms with E-state index in [9.17, 15) is 14.4 Å².